The Kier molecular flexibility index (Phi) is 4.39. The lowest BCUT2D eigenvalue weighted by Crippen LogP contribution is -2.48. The number of carboxylic acid groups (broad SMARTS) is 1. The molecule has 6 nitrogen and oxygen atoms in total. The van der Waals surface area contributed by atoms with Gasteiger partial charge in [-0.1, -0.05) is 11.6 Å². The number of ether oxygens (including phenoxy) is 1. The predicted molar refractivity (Wildman–Crippen MR) is 84.9 cm³/mol. The van der Waals surface area contributed by atoms with Crippen molar-refractivity contribution in [2.75, 3.05) is 5.32 Å². The molecule has 23 heavy (non-hydrogen) atoms. The van der Waals surface area contributed by atoms with Crippen LogP contribution in [0.15, 0.2) is 18.2 Å². The van der Waals surface area contributed by atoms with Crippen molar-refractivity contribution in [3.05, 3.63) is 28.8 Å². The van der Waals surface area contributed by atoms with Gasteiger partial charge in [0.05, 0.1) is 0 Å². The zero-order valence-corrected chi connectivity index (χ0v) is 13.9. The molecule has 1 aliphatic carbocycles. The van der Waals surface area contributed by atoms with Gasteiger partial charge in [-0.05, 0) is 44.5 Å². The molecule has 0 spiro atoms. The fourth-order valence-electron chi connectivity index (χ4n) is 2.47. The zero-order chi connectivity index (χ0) is 17.4. The average Bonchev–Trinajstić information content (AvgIpc) is 2.34. The van der Waals surface area contributed by atoms with E-state index >= 15 is 0 Å². The number of amides is 1. The summed E-state index contributed by atoms with van der Waals surface area (Å²) in [5.41, 5.74) is -1.29. The second-order valence-electron chi connectivity index (χ2n) is 6.60. The minimum absolute atomic E-state index is 0.0993. The third-order valence-corrected chi connectivity index (χ3v) is 3.86. The van der Waals surface area contributed by atoms with E-state index in [1.165, 1.54) is 12.1 Å². The molecule has 0 aliphatic heterocycles. The maximum atomic E-state index is 11.8. The summed E-state index contributed by atoms with van der Waals surface area (Å²) in [4.78, 5) is 34.7. The van der Waals surface area contributed by atoms with Crippen LogP contribution in [0.2, 0.25) is 5.02 Å². The number of carbonyl (C=O) groups is 3. The number of halogens is 1. The fraction of sp³-hybridized carbons (Fsp3) is 0.438. The molecule has 0 aromatic heterocycles. The van der Waals surface area contributed by atoms with Crippen LogP contribution >= 0.6 is 11.6 Å². The van der Waals surface area contributed by atoms with E-state index in [1.54, 1.807) is 26.8 Å². The van der Waals surface area contributed by atoms with Crippen molar-refractivity contribution < 1.29 is 24.2 Å². The molecular weight excluding hydrogens is 322 g/mol. The van der Waals surface area contributed by atoms with E-state index in [9.17, 15) is 19.5 Å². The van der Waals surface area contributed by atoms with Gasteiger partial charge in [-0.25, -0.2) is 4.79 Å². The van der Waals surface area contributed by atoms with Crippen LogP contribution in [0.3, 0.4) is 0 Å². The summed E-state index contributed by atoms with van der Waals surface area (Å²) in [5, 5.41) is 12.3. The molecule has 2 N–H and O–H groups in total. The SMILES string of the molecule is CC(C)(C)OC(=O)Nc1ccc(Cl)c(C2(C(=O)O)CC(=O)C2)c1. The van der Waals surface area contributed by atoms with Crippen LogP contribution in [0.4, 0.5) is 10.5 Å². The quantitative estimate of drug-likeness (QED) is 0.880. The fourth-order valence-corrected chi connectivity index (χ4v) is 2.77. The minimum Gasteiger partial charge on any atom is -0.481 e. The van der Waals surface area contributed by atoms with Gasteiger partial charge < -0.3 is 9.84 Å². The zero-order valence-electron chi connectivity index (χ0n) is 13.1. The van der Waals surface area contributed by atoms with Gasteiger partial charge in [0.15, 0.2) is 0 Å². The monoisotopic (exact) mass is 339 g/mol. The Hall–Kier alpha value is -2.08. The van der Waals surface area contributed by atoms with Gasteiger partial charge in [-0.3, -0.25) is 14.9 Å². The Morgan fingerprint density at radius 3 is 2.39 bits per heavy atom. The van der Waals surface area contributed by atoms with Crippen molar-refractivity contribution in [3.63, 3.8) is 0 Å². The van der Waals surface area contributed by atoms with Gasteiger partial charge in [0.1, 0.15) is 16.8 Å². The van der Waals surface area contributed by atoms with Gasteiger partial charge in [0.25, 0.3) is 0 Å². The summed E-state index contributed by atoms with van der Waals surface area (Å²) in [5.74, 6) is -1.23. The molecule has 1 fully saturated rings. The summed E-state index contributed by atoms with van der Waals surface area (Å²) in [7, 11) is 0. The van der Waals surface area contributed by atoms with Gasteiger partial charge in [0.2, 0.25) is 0 Å². The number of aliphatic carboxylic acids is 1. The number of carbonyl (C=O) groups excluding carboxylic acids is 2. The highest BCUT2D eigenvalue weighted by molar-refractivity contribution is 6.32. The van der Waals surface area contributed by atoms with Crippen molar-refractivity contribution in [2.24, 2.45) is 0 Å². The second-order valence-corrected chi connectivity index (χ2v) is 7.01. The van der Waals surface area contributed by atoms with Gasteiger partial charge >= 0.3 is 12.1 Å². The van der Waals surface area contributed by atoms with Crippen LogP contribution in [0.1, 0.15) is 39.2 Å². The van der Waals surface area contributed by atoms with Crippen LogP contribution in [-0.4, -0.2) is 28.6 Å². The molecule has 1 saturated carbocycles. The van der Waals surface area contributed by atoms with E-state index in [0.717, 1.165) is 0 Å². The number of nitrogens with one attached hydrogen (secondary N) is 1. The Morgan fingerprint density at radius 2 is 1.91 bits per heavy atom. The number of benzene rings is 1. The maximum absolute atomic E-state index is 11.8. The Morgan fingerprint density at radius 1 is 1.30 bits per heavy atom. The molecule has 1 aromatic carbocycles. The summed E-state index contributed by atoms with van der Waals surface area (Å²) in [6, 6.07) is 4.52. The average molecular weight is 340 g/mol. The third kappa shape index (κ3) is 3.64. The normalized spacial score (nSPS) is 16.4. The third-order valence-electron chi connectivity index (χ3n) is 3.53. The van der Waals surface area contributed by atoms with Gasteiger partial charge in [-0.15, -0.1) is 0 Å². The molecule has 2 rings (SSSR count). The molecule has 1 aromatic rings. The van der Waals surface area contributed by atoms with Crippen LogP contribution in [0, 0.1) is 0 Å². The molecule has 1 aliphatic rings. The molecule has 0 bridgehead atoms. The standard InChI is InChI=1S/C16H18ClNO5/c1-15(2,3)23-14(22)18-9-4-5-12(17)11(6-9)16(13(20)21)7-10(19)8-16/h4-6H,7-8H2,1-3H3,(H,18,22)(H,20,21). The first-order valence-electron chi connectivity index (χ1n) is 7.09. The van der Waals surface area contributed by atoms with Crippen molar-refractivity contribution in [2.45, 2.75) is 44.6 Å². The highest BCUT2D eigenvalue weighted by Crippen LogP contribution is 2.45. The number of Topliss-reactive ketones (excluding diaryl/α,β-unsaturated/α-hetero) is 1. The largest absolute Gasteiger partial charge is 0.481 e. The molecule has 0 saturated heterocycles. The van der Waals surface area contributed by atoms with Crippen molar-refractivity contribution in [1.29, 1.82) is 0 Å². The number of ketones is 1. The molecule has 0 atom stereocenters. The lowest BCUT2D eigenvalue weighted by atomic mass is 9.63. The topological polar surface area (TPSA) is 92.7 Å². The van der Waals surface area contributed by atoms with Crippen LogP contribution in [-0.2, 0) is 19.7 Å². The van der Waals surface area contributed by atoms with E-state index < -0.39 is 23.1 Å². The Labute approximate surface area is 138 Å². The van der Waals surface area contributed by atoms with E-state index in [0.29, 0.717) is 11.3 Å². The summed E-state index contributed by atoms with van der Waals surface area (Å²) >= 11 is 6.11. The predicted octanol–water partition coefficient (Wildman–Crippen LogP) is 3.37. The summed E-state index contributed by atoms with van der Waals surface area (Å²) < 4.78 is 5.15. The maximum Gasteiger partial charge on any atom is 0.412 e. The lowest BCUT2D eigenvalue weighted by Gasteiger charge is -2.37. The first-order chi connectivity index (χ1) is 10.5. The second kappa shape index (κ2) is 5.85. The first kappa shape index (κ1) is 17.3. The molecule has 0 heterocycles. The van der Waals surface area contributed by atoms with E-state index in [2.05, 4.69) is 5.32 Å². The number of hydrogen-bond acceptors (Lipinski definition) is 4. The van der Waals surface area contributed by atoms with Gasteiger partial charge in [0, 0.05) is 23.6 Å². The van der Waals surface area contributed by atoms with Gasteiger partial charge in [-0.2, -0.15) is 0 Å². The van der Waals surface area contributed by atoms with Crippen molar-refractivity contribution in [3.8, 4) is 0 Å². The Bertz CT molecular complexity index is 670. The molecular formula is C16H18ClNO5. The minimum atomic E-state index is -1.32. The summed E-state index contributed by atoms with van der Waals surface area (Å²) in [6.07, 6.45) is -0.851. The number of carboxylic acids is 1. The summed E-state index contributed by atoms with van der Waals surface area (Å²) in [6.45, 7) is 5.21. The van der Waals surface area contributed by atoms with Crippen LogP contribution < -0.4 is 5.32 Å². The highest BCUT2D eigenvalue weighted by Gasteiger charge is 2.52. The number of anilines is 1. The van der Waals surface area contributed by atoms with E-state index in [1.807, 2.05) is 0 Å². The number of rotatable bonds is 3. The van der Waals surface area contributed by atoms with E-state index in [4.69, 9.17) is 16.3 Å². The molecule has 7 heteroatoms. The van der Waals surface area contributed by atoms with Crippen molar-refractivity contribution in [1.82, 2.24) is 0 Å². The lowest BCUT2D eigenvalue weighted by molar-refractivity contribution is -0.153. The highest BCUT2D eigenvalue weighted by atomic mass is 35.5. The molecule has 1 amide bonds. The molecule has 0 unspecified atom stereocenters. The molecule has 0 radical (unpaired) electrons. The smallest absolute Gasteiger partial charge is 0.412 e. The number of hydrogen-bond donors (Lipinski definition) is 2. The van der Waals surface area contributed by atoms with Crippen molar-refractivity contribution >= 4 is 35.1 Å². The Balaban J connectivity index is 2.28. The molecule has 124 valence electrons. The first-order valence-corrected chi connectivity index (χ1v) is 7.46. The van der Waals surface area contributed by atoms with Crippen LogP contribution in [0.25, 0.3) is 0 Å². The van der Waals surface area contributed by atoms with E-state index in [-0.39, 0.29) is 23.6 Å². The van der Waals surface area contributed by atoms with Crippen LogP contribution in [0.5, 0.6) is 0 Å².